The van der Waals surface area contributed by atoms with Crippen LogP contribution in [-0.2, 0) is 24.4 Å². The molecule has 1 fully saturated rings. The second-order valence-electron chi connectivity index (χ2n) is 13.1. The van der Waals surface area contributed by atoms with Gasteiger partial charge in [0.05, 0.1) is 17.8 Å². The van der Waals surface area contributed by atoms with Crippen molar-refractivity contribution in [3.63, 3.8) is 0 Å². The zero-order valence-electron chi connectivity index (χ0n) is 29.8. The first-order chi connectivity index (χ1) is 25.2. The predicted molar refractivity (Wildman–Crippen MR) is 204 cm³/mol. The van der Waals surface area contributed by atoms with E-state index in [1.807, 2.05) is 36.1 Å². The van der Waals surface area contributed by atoms with Crippen LogP contribution in [0.5, 0.6) is 23.1 Å². The van der Waals surface area contributed by atoms with E-state index in [1.165, 1.54) is 22.8 Å². The minimum Gasteiger partial charge on any atom is -0.493 e. The van der Waals surface area contributed by atoms with Crippen LogP contribution >= 0.6 is 11.6 Å². The van der Waals surface area contributed by atoms with Crippen molar-refractivity contribution in [3.8, 4) is 23.1 Å². The molecule has 0 saturated carbocycles. The largest absolute Gasteiger partial charge is 0.493 e. The van der Waals surface area contributed by atoms with E-state index in [-0.39, 0.29) is 18.3 Å². The highest BCUT2D eigenvalue weighted by atomic mass is 35.5. The fraction of sp³-hybridized carbons (Fsp3) is 0.256. The molecule has 0 aliphatic carbocycles. The summed E-state index contributed by atoms with van der Waals surface area (Å²) >= 11 is 6.61. The fourth-order valence-corrected chi connectivity index (χ4v) is 6.20. The Kier molecular flexibility index (Phi) is 12.2. The standard InChI is InChI=1S/C43H43ClFN3O4/c1-30-4-13-37(14-5-30)50-23-18-33-8-10-34(11-9-33)28-47-19-21-48(22-20-47)42(49)17-12-35-24-32(3)43(39(44)25-35)52-41-16-15-38(27-46-41)51-29-36-7-6-31(2)40(45)26-36/h4-17,24-27H,18-23,28-29H2,1-3H3/b17-12+. The molecule has 7 nitrogen and oxygen atoms in total. The molecule has 1 saturated heterocycles. The van der Waals surface area contributed by atoms with Gasteiger partial charge in [0.15, 0.2) is 5.75 Å². The minimum absolute atomic E-state index is 0.0232. The van der Waals surface area contributed by atoms with Gasteiger partial charge in [-0.1, -0.05) is 65.7 Å². The van der Waals surface area contributed by atoms with Gasteiger partial charge in [0, 0.05) is 51.3 Å². The quantitative estimate of drug-likeness (QED) is 0.113. The second-order valence-corrected chi connectivity index (χ2v) is 13.5. The molecule has 0 radical (unpaired) electrons. The molecule has 9 heteroatoms. The molecule has 1 amide bonds. The lowest BCUT2D eigenvalue weighted by Crippen LogP contribution is -2.47. The summed E-state index contributed by atoms with van der Waals surface area (Å²) in [6, 6.07) is 29.0. The SMILES string of the molecule is Cc1ccc(OCCc2ccc(CN3CCN(C(=O)/C=C/c4cc(C)c(Oc5ccc(OCc6ccc(C)c(F)c6)cn5)c(Cl)c4)CC3)cc2)cc1. The summed E-state index contributed by atoms with van der Waals surface area (Å²) in [6.45, 7) is 10.4. The molecule has 268 valence electrons. The van der Waals surface area contributed by atoms with Gasteiger partial charge in [-0.25, -0.2) is 9.37 Å². The number of carbonyl (C=O) groups excluding carboxylic acids is 1. The van der Waals surface area contributed by atoms with E-state index < -0.39 is 0 Å². The zero-order chi connectivity index (χ0) is 36.5. The summed E-state index contributed by atoms with van der Waals surface area (Å²) in [5, 5.41) is 0.410. The van der Waals surface area contributed by atoms with Gasteiger partial charge < -0.3 is 19.1 Å². The summed E-state index contributed by atoms with van der Waals surface area (Å²) in [4.78, 5) is 21.6. The zero-order valence-corrected chi connectivity index (χ0v) is 30.5. The number of piperazine rings is 1. The maximum atomic E-state index is 13.8. The number of carbonyl (C=O) groups is 1. The predicted octanol–water partition coefficient (Wildman–Crippen LogP) is 9.15. The normalized spacial score (nSPS) is 13.4. The highest BCUT2D eigenvalue weighted by Crippen LogP contribution is 2.34. The topological polar surface area (TPSA) is 64.1 Å². The Balaban J connectivity index is 0.933. The van der Waals surface area contributed by atoms with Gasteiger partial charge in [0.25, 0.3) is 0 Å². The van der Waals surface area contributed by atoms with Gasteiger partial charge in [-0.15, -0.1) is 0 Å². The average Bonchev–Trinajstić information content (AvgIpc) is 3.15. The van der Waals surface area contributed by atoms with E-state index in [2.05, 4.69) is 53.2 Å². The van der Waals surface area contributed by atoms with E-state index in [4.69, 9.17) is 25.8 Å². The molecule has 6 rings (SSSR count). The van der Waals surface area contributed by atoms with Gasteiger partial charge in [-0.05, 0) is 96.6 Å². The van der Waals surface area contributed by atoms with E-state index >= 15 is 0 Å². The van der Waals surface area contributed by atoms with Gasteiger partial charge in [0.2, 0.25) is 11.8 Å². The minimum atomic E-state index is -0.261. The first-order valence-electron chi connectivity index (χ1n) is 17.5. The van der Waals surface area contributed by atoms with E-state index in [1.54, 1.807) is 49.5 Å². The Morgan fingerprint density at radius 1 is 0.808 bits per heavy atom. The van der Waals surface area contributed by atoms with Crippen LogP contribution in [0.1, 0.15) is 38.9 Å². The van der Waals surface area contributed by atoms with Crippen LogP contribution in [0.25, 0.3) is 6.08 Å². The number of rotatable bonds is 13. The Labute approximate surface area is 310 Å². The lowest BCUT2D eigenvalue weighted by atomic mass is 10.1. The van der Waals surface area contributed by atoms with Gasteiger partial charge in [0.1, 0.15) is 23.9 Å². The average molecular weight is 720 g/mol. The lowest BCUT2D eigenvalue weighted by molar-refractivity contribution is -0.127. The van der Waals surface area contributed by atoms with Crippen molar-refractivity contribution in [1.82, 2.24) is 14.8 Å². The van der Waals surface area contributed by atoms with E-state index in [0.717, 1.165) is 48.5 Å². The Morgan fingerprint density at radius 3 is 2.21 bits per heavy atom. The number of benzene rings is 4. The third-order valence-electron chi connectivity index (χ3n) is 9.02. The van der Waals surface area contributed by atoms with Gasteiger partial charge in [-0.2, -0.15) is 0 Å². The lowest BCUT2D eigenvalue weighted by Gasteiger charge is -2.34. The number of aryl methyl sites for hydroxylation is 3. The maximum Gasteiger partial charge on any atom is 0.246 e. The van der Waals surface area contributed by atoms with Crippen molar-refractivity contribution in [1.29, 1.82) is 0 Å². The molecule has 1 aliphatic heterocycles. The molecule has 52 heavy (non-hydrogen) atoms. The highest BCUT2D eigenvalue weighted by molar-refractivity contribution is 6.32. The van der Waals surface area contributed by atoms with Gasteiger partial charge >= 0.3 is 0 Å². The van der Waals surface area contributed by atoms with Crippen molar-refractivity contribution in [2.45, 2.75) is 40.3 Å². The van der Waals surface area contributed by atoms with Crippen molar-refractivity contribution < 1.29 is 23.4 Å². The smallest absolute Gasteiger partial charge is 0.246 e. The molecule has 0 spiro atoms. The summed E-state index contributed by atoms with van der Waals surface area (Å²) in [5.41, 5.74) is 6.67. The first kappa shape index (κ1) is 36.6. The van der Waals surface area contributed by atoms with Crippen LogP contribution in [-0.4, -0.2) is 53.5 Å². The van der Waals surface area contributed by atoms with Crippen LogP contribution in [0.3, 0.4) is 0 Å². The summed E-state index contributed by atoms with van der Waals surface area (Å²) in [6.07, 6.45) is 5.80. The number of halogens is 2. The van der Waals surface area contributed by atoms with Crippen LogP contribution in [0.4, 0.5) is 4.39 Å². The van der Waals surface area contributed by atoms with Crippen molar-refractivity contribution in [2.24, 2.45) is 0 Å². The maximum absolute atomic E-state index is 13.8. The van der Waals surface area contributed by atoms with Crippen LogP contribution < -0.4 is 14.2 Å². The summed E-state index contributed by atoms with van der Waals surface area (Å²) in [5.74, 6) is 1.99. The molecule has 0 bridgehead atoms. The molecule has 0 atom stereocenters. The van der Waals surface area contributed by atoms with Crippen molar-refractivity contribution >= 4 is 23.6 Å². The first-order valence-corrected chi connectivity index (χ1v) is 17.8. The molecule has 5 aromatic rings. The Bertz CT molecular complexity index is 1970. The Morgan fingerprint density at radius 2 is 1.52 bits per heavy atom. The molecular formula is C43H43ClFN3O4. The summed E-state index contributed by atoms with van der Waals surface area (Å²) < 4.78 is 31.4. The summed E-state index contributed by atoms with van der Waals surface area (Å²) in [7, 11) is 0. The van der Waals surface area contributed by atoms with Crippen LogP contribution in [0.2, 0.25) is 5.02 Å². The van der Waals surface area contributed by atoms with Crippen LogP contribution in [0, 0.1) is 26.6 Å². The molecule has 1 aliphatic rings. The van der Waals surface area contributed by atoms with E-state index in [0.29, 0.717) is 47.7 Å². The number of ether oxygens (including phenoxy) is 3. The molecule has 0 unspecified atom stereocenters. The third-order valence-corrected chi connectivity index (χ3v) is 9.30. The molecule has 0 N–H and O–H groups in total. The Hall–Kier alpha value is -5.18. The van der Waals surface area contributed by atoms with E-state index in [9.17, 15) is 9.18 Å². The van der Waals surface area contributed by atoms with Crippen molar-refractivity contribution in [3.05, 3.63) is 153 Å². The molecule has 4 aromatic carbocycles. The van der Waals surface area contributed by atoms with Crippen molar-refractivity contribution in [2.75, 3.05) is 32.8 Å². The number of pyridine rings is 1. The number of aromatic nitrogens is 1. The van der Waals surface area contributed by atoms with Gasteiger partial charge in [-0.3, -0.25) is 9.69 Å². The second kappa shape index (κ2) is 17.4. The number of nitrogens with zero attached hydrogens (tertiary/aromatic N) is 3. The fourth-order valence-electron chi connectivity index (χ4n) is 5.88. The molecule has 1 aromatic heterocycles. The number of hydrogen-bond acceptors (Lipinski definition) is 6. The van der Waals surface area contributed by atoms with Crippen LogP contribution in [0.15, 0.2) is 103 Å². The number of hydrogen-bond donors (Lipinski definition) is 0. The third kappa shape index (κ3) is 10.2. The number of amides is 1. The monoisotopic (exact) mass is 719 g/mol. The highest BCUT2D eigenvalue weighted by Gasteiger charge is 2.20. The molecular weight excluding hydrogens is 677 g/mol. The molecule has 2 heterocycles.